The average Bonchev–Trinajstić information content (AvgIpc) is 2.29. The monoisotopic (exact) mass is 230 g/mol. The van der Waals surface area contributed by atoms with Crippen molar-refractivity contribution in [3.63, 3.8) is 0 Å². The molecule has 0 radical (unpaired) electrons. The fourth-order valence-corrected chi connectivity index (χ4v) is 1.68. The SMILES string of the molecule is C=C/C=C/C[C@H]1O[C@H](CO)[C@@H](O)[C@H](O)[C@H]1O. The van der Waals surface area contributed by atoms with Crippen LogP contribution in [0.1, 0.15) is 6.42 Å². The molecule has 5 atom stereocenters. The van der Waals surface area contributed by atoms with Crippen LogP contribution in [-0.4, -0.2) is 57.6 Å². The van der Waals surface area contributed by atoms with Crippen molar-refractivity contribution in [2.24, 2.45) is 0 Å². The van der Waals surface area contributed by atoms with Crippen molar-refractivity contribution < 1.29 is 25.2 Å². The molecule has 16 heavy (non-hydrogen) atoms. The quantitative estimate of drug-likeness (QED) is 0.463. The van der Waals surface area contributed by atoms with Gasteiger partial charge in [0, 0.05) is 0 Å². The molecule has 0 aliphatic carbocycles. The lowest BCUT2D eigenvalue weighted by Gasteiger charge is -2.39. The summed E-state index contributed by atoms with van der Waals surface area (Å²) in [6.45, 7) is 3.10. The Labute approximate surface area is 94.3 Å². The predicted molar refractivity (Wildman–Crippen MR) is 57.7 cm³/mol. The van der Waals surface area contributed by atoms with Gasteiger partial charge in [-0.05, 0) is 6.42 Å². The summed E-state index contributed by atoms with van der Waals surface area (Å²) in [5.41, 5.74) is 0. The highest BCUT2D eigenvalue weighted by Gasteiger charge is 2.42. The molecule has 5 heteroatoms. The van der Waals surface area contributed by atoms with Crippen molar-refractivity contribution in [1.82, 2.24) is 0 Å². The first-order chi connectivity index (χ1) is 7.61. The number of hydrogen-bond acceptors (Lipinski definition) is 5. The maximum atomic E-state index is 9.64. The Bertz CT molecular complexity index is 251. The lowest BCUT2D eigenvalue weighted by Crippen LogP contribution is -2.58. The van der Waals surface area contributed by atoms with Crippen molar-refractivity contribution in [3.8, 4) is 0 Å². The highest BCUT2D eigenvalue weighted by Crippen LogP contribution is 2.23. The molecule has 0 aromatic heterocycles. The second-order valence-electron chi connectivity index (χ2n) is 3.77. The molecule has 1 aliphatic heterocycles. The summed E-state index contributed by atoms with van der Waals surface area (Å²) >= 11 is 0. The number of aliphatic hydroxyl groups excluding tert-OH is 4. The van der Waals surface area contributed by atoms with Gasteiger partial charge in [-0.1, -0.05) is 24.8 Å². The lowest BCUT2D eigenvalue weighted by atomic mass is 9.93. The maximum absolute atomic E-state index is 9.64. The van der Waals surface area contributed by atoms with E-state index in [2.05, 4.69) is 6.58 Å². The molecule has 1 fully saturated rings. The summed E-state index contributed by atoms with van der Waals surface area (Å²) in [6, 6.07) is 0. The zero-order valence-electron chi connectivity index (χ0n) is 8.94. The number of rotatable bonds is 4. The fourth-order valence-electron chi connectivity index (χ4n) is 1.68. The van der Waals surface area contributed by atoms with Gasteiger partial charge < -0.3 is 25.2 Å². The van der Waals surface area contributed by atoms with Crippen LogP contribution in [0.4, 0.5) is 0 Å². The van der Waals surface area contributed by atoms with Gasteiger partial charge in [-0.2, -0.15) is 0 Å². The highest BCUT2D eigenvalue weighted by molar-refractivity contribution is 5.01. The largest absolute Gasteiger partial charge is 0.394 e. The van der Waals surface area contributed by atoms with Crippen molar-refractivity contribution in [1.29, 1.82) is 0 Å². The molecule has 0 saturated carbocycles. The van der Waals surface area contributed by atoms with Crippen molar-refractivity contribution in [3.05, 3.63) is 24.8 Å². The lowest BCUT2D eigenvalue weighted by molar-refractivity contribution is -0.227. The second-order valence-corrected chi connectivity index (χ2v) is 3.77. The van der Waals surface area contributed by atoms with E-state index in [0.717, 1.165) is 0 Å². The van der Waals surface area contributed by atoms with Gasteiger partial charge >= 0.3 is 0 Å². The first-order valence-corrected chi connectivity index (χ1v) is 5.20. The standard InChI is InChI=1S/C11H18O5/c1-2-3-4-5-7-9(13)11(15)10(14)8(6-12)16-7/h2-4,7-15H,1,5-6H2/b4-3+/t7-,8-,9+,10-,11-/m1/s1. The van der Waals surface area contributed by atoms with E-state index in [-0.39, 0.29) is 0 Å². The third-order valence-electron chi connectivity index (χ3n) is 2.63. The second kappa shape index (κ2) is 6.12. The van der Waals surface area contributed by atoms with Crippen molar-refractivity contribution in [2.75, 3.05) is 6.61 Å². The van der Waals surface area contributed by atoms with E-state index in [9.17, 15) is 15.3 Å². The molecule has 4 N–H and O–H groups in total. The first-order valence-electron chi connectivity index (χ1n) is 5.20. The van der Waals surface area contributed by atoms with E-state index in [1.165, 1.54) is 0 Å². The van der Waals surface area contributed by atoms with E-state index < -0.39 is 37.1 Å². The third-order valence-corrected chi connectivity index (χ3v) is 2.63. The Morgan fingerprint density at radius 3 is 2.25 bits per heavy atom. The van der Waals surface area contributed by atoms with Gasteiger partial charge in [0.2, 0.25) is 0 Å². The molecular weight excluding hydrogens is 212 g/mol. The number of hydrogen-bond donors (Lipinski definition) is 4. The van der Waals surface area contributed by atoms with Crippen LogP contribution in [0.15, 0.2) is 24.8 Å². The number of ether oxygens (including phenoxy) is 1. The summed E-state index contributed by atoms with van der Waals surface area (Å²) in [7, 11) is 0. The van der Waals surface area contributed by atoms with Gasteiger partial charge in [-0.25, -0.2) is 0 Å². The smallest absolute Gasteiger partial charge is 0.111 e. The Kier molecular flexibility index (Phi) is 5.11. The van der Waals surface area contributed by atoms with Crippen LogP contribution >= 0.6 is 0 Å². The molecule has 0 amide bonds. The minimum Gasteiger partial charge on any atom is -0.394 e. The molecule has 0 aromatic rings. The van der Waals surface area contributed by atoms with Crippen molar-refractivity contribution in [2.45, 2.75) is 36.9 Å². The zero-order valence-corrected chi connectivity index (χ0v) is 8.94. The highest BCUT2D eigenvalue weighted by atomic mass is 16.5. The van der Waals surface area contributed by atoms with Crippen LogP contribution < -0.4 is 0 Å². The third kappa shape index (κ3) is 2.90. The molecule has 0 aromatic carbocycles. The summed E-state index contributed by atoms with van der Waals surface area (Å²) in [5.74, 6) is 0. The van der Waals surface area contributed by atoms with E-state index in [4.69, 9.17) is 9.84 Å². The van der Waals surface area contributed by atoms with Crippen LogP contribution in [-0.2, 0) is 4.74 Å². The van der Waals surface area contributed by atoms with Crippen LogP contribution in [0.5, 0.6) is 0 Å². The van der Waals surface area contributed by atoms with E-state index in [1.807, 2.05) is 0 Å². The number of aliphatic hydroxyl groups is 4. The topological polar surface area (TPSA) is 90.2 Å². The van der Waals surface area contributed by atoms with Gasteiger partial charge in [0.25, 0.3) is 0 Å². The summed E-state index contributed by atoms with van der Waals surface area (Å²) in [5, 5.41) is 37.6. The molecule has 1 aliphatic rings. The van der Waals surface area contributed by atoms with Gasteiger partial charge in [0.1, 0.15) is 24.4 Å². The molecule has 0 unspecified atom stereocenters. The Balaban J connectivity index is 2.63. The molecule has 1 heterocycles. The van der Waals surface area contributed by atoms with E-state index in [0.29, 0.717) is 6.42 Å². The van der Waals surface area contributed by atoms with Crippen LogP contribution in [0.25, 0.3) is 0 Å². The van der Waals surface area contributed by atoms with E-state index in [1.54, 1.807) is 18.2 Å². The molecule has 92 valence electrons. The molecule has 0 spiro atoms. The van der Waals surface area contributed by atoms with Crippen LogP contribution in [0.2, 0.25) is 0 Å². The minimum atomic E-state index is -1.30. The summed E-state index contributed by atoms with van der Waals surface area (Å²) in [6.07, 6.45) is 0.186. The first kappa shape index (κ1) is 13.3. The van der Waals surface area contributed by atoms with Crippen LogP contribution in [0.3, 0.4) is 0 Å². The fraction of sp³-hybridized carbons (Fsp3) is 0.636. The average molecular weight is 230 g/mol. The van der Waals surface area contributed by atoms with Gasteiger partial charge in [0.05, 0.1) is 12.7 Å². The molecular formula is C11H18O5. The predicted octanol–water partition coefficient (Wildman–Crippen LogP) is -1.04. The molecule has 0 bridgehead atoms. The summed E-state index contributed by atoms with van der Waals surface area (Å²) in [4.78, 5) is 0. The number of allylic oxidation sites excluding steroid dienone is 2. The van der Waals surface area contributed by atoms with Gasteiger partial charge in [-0.3, -0.25) is 0 Å². The maximum Gasteiger partial charge on any atom is 0.111 e. The Morgan fingerprint density at radius 2 is 1.69 bits per heavy atom. The Morgan fingerprint density at radius 1 is 1.06 bits per heavy atom. The van der Waals surface area contributed by atoms with Crippen molar-refractivity contribution >= 4 is 0 Å². The van der Waals surface area contributed by atoms with Crippen LogP contribution in [0, 0.1) is 0 Å². The minimum absolute atomic E-state index is 0.382. The van der Waals surface area contributed by atoms with Gasteiger partial charge in [-0.15, -0.1) is 0 Å². The molecule has 5 nitrogen and oxygen atoms in total. The zero-order chi connectivity index (χ0) is 12.1. The Hall–Kier alpha value is -0.720. The molecule has 1 saturated heterocycles. The van der Waals surface area contributed by atoms with Gasteiger partial charge in [0.15, 0.2) is 0 Å². The van der Waals surface area contributed by atoms with E-state index >= 15 is 0 Å². The molecule has 1 rings (SSSR count). The summed E-state index contributed by atoms with van der Waals surface area (Å²) < 4.78 is 5.28. The normalized spacial score (nSPS) is 40.1.